The first kappa shape index (κ1) is 5.17. The minimum Gasteiger partial charge on any atom is -0.103 e. The van der Waals surface area contributed by atoms with Crippen LogP contribution in [0.4, 0.5) is 0 Å². The Labute approximate surface area is 39.1 Å². The van der Waals surface area contributed by atoms with Crippen molar-refractivity contribution in [3.05, 3.63) is 17.8 Å². The summed E-state index contributed by atoms with van der Waals surface area (Å²) in [5.74, 6) is 0. The Morgan fingerprint density at radius 1 is 1.60 bits per heavy atom. The Morgan fingerprint density at radius 2 is 1.80 bits per heavy atom. The molecule has 0 aromatic carbocycles. The molecule has 0 amide bonds. The number of hydrogen-bond donors (Lipinski definition) is 0. The van der Waals surface area contributed by atoms with Crippen LogP contribution in [-0.4, -0.2) is 20.5 Å². The molecule has 0 bridgehead atoms. The highest BCUT2D eigenvalue weighted by Gasteiger charge is 1.75. The zero-order valence-corrected chi connectivity index (χ0v) is 7.78. The first-order chi connectivity index (χ1) is 2.27. The zero-order valence-electron chi connectivity index (χ0n) is 3.78. The van der Waals surface area contributed by atoms with Crippen molar-refractivity contribution in [2.45, 2.75) is 0 Å². The normalized spacial score (nSPS) is 9.80. The summed E-state index contributed by atoms with van der Waals surface area (Å²) in [6, 6.07) is 0. The highest BCUT2D eigenvalue weighted by Crippen LogP contribution is 1.77. The molecule has 0 fully saturated rings. The minimum atomic E-state index is 1.23. The van der Waals surface area contributed by atoms with Crippen LogP contribution in [-0.2, 0) is 0 Å². The van der Waals surface area contributed by atoms with E-state index in [0.29, 0.717) is 0 Å². The van der Waals surface area contributed by atoms with Gasteiger partial charge in [0, 0.05) is 20.5 Å². The van der Waals surface area contributed by atoms with E-state index in [2.05, 4.69) is 6.58 Å². The van der Waals surface area contributed by atoms with Crippen LogP contribution in [0.15, 0.2) is 12.7 Å². The van der Waals surface area contributed by atoms with Crippen LogP contribution >= 0.6 is 0 Å². The molecule has 0 nitrogen and oxygen atoms in total. The van der Waals surface area contributed by atoms with Crippen LogP contribution in [0.1, 0.15) is 0 Å². The minimum absolute atomic E-state index is 1.23. The van der Waals surface area contributed by atoms with Crippen molar-refractivity contribution in [1.29, 1.82) is 0 Å². The van der Waals surface area contributed by atoms with Crippen LogP contribution < -0.4 is 0 Å². The molecule has 0 aromatic rings. The fraction of sp³-hybridized carbons (Fsp3) is 0. The van der Waals surface area contributed by atoms with Crippen LogP contribution in [0.3, 0.4) is 0 Å². The second-order valence-electron chi connectivity index (χ2n) is 1.28. The van der Waals surface area contributed by atoms with Gasteiger partial charge in [0.1, 0.15) is 0 Å². The molecule has 0 N–H and O–H groups in total. The van der Waals surface area contributed by atoms with E-state index in [1.807, 2.05) is 6.08 Å². The summed E-state index contributed by atoms with van der Waals surface area (Å²) in [4.78, 5) is 0. The molecule has 0 aliphatic rings. The highest BCUT2D eigenvalue weighted by atomic mass is 28.2. The van der Waals surface area contributed by atoms with Gasteiger partial charge in [-0.15, -0.1) is 6.58 Å². The number of hydrogen-bond acceptors (Lipinski definition) is 0. The quantitative estimate of drug-likeness (QED) is 0.349. The van der Waals surface area contributed by atoms with Crippen molar-refractivity contribution >= 4 is 20.5 Å². The average molecular weight is 101 g/mol. The molecule has 0 heterocycles. The van der Waals surface area contributed by atoms with Gasteiger partial charge >= 0.3 is 0 Å². The van der Waals surface area contributed by atoms with E-state index < -0.39 is 0 Å². The van der Waals surface area contributed by atoms with Gasteiger partial charge in [0.05, 0.1) is 0 Å². The molecule has 5 heavy (non-hydrogen) atoms. The first-order valence-corrected chi connectivity index (χ1v) is 3.70. The monoisotopic (exact) mass is 101 g/mol. The smallest absolute Gasteiger partial charge is 0.0111 e. The third-order valence-corrected chi connectivity index (χ3v) is 1.22. The summed E-state index contributed by atoms with van der Waals surface area (Å²) in [6.07, 6.45) is 1.96. The SMILES string of the molecule is C=C[C]([SiH3])[SiH3]. The Kier molecular flexibility index (Phi) is 2.50. The van der Waals surface area contributed by atoms with Crippen LogP contribution in [0.25, 0.3) is 0 Å². The Balaban J connectivity index is 2.83. The molecule has 0 saturated heterocycles. The fourth-order valence-corrected chi connectivity index (χ4v) is 0. The van der Waals surface area contributed by atoms with Gasteiger partial charge in [-0.25, -0.2) is 0 Å². The lowest BCUT2D eigenvalue weighted by Crippen LogP contribution is -1.85. The standard InChI is InChI=1S/C3H9Si2/c1-2-3(4)5/h2H,1H2,4-5H3. The van der Waals surface area contributed by atoms with E-state index >= 15 is 0 Å². The largest absolute Gasteiger partial charge is 0.103 e. The predicted molar refractivity (Wildman–Crippen MR) is 33.3 cm³/mol. The van der Waals surface area contributed by atoms with E-state index in [1.165, 1.54) is 20.5 Å². The molecule has 1 radical (unpaired) electrons. The average Bonchev–Trinajstić information content (AvgIpc) is 1.38. The second-order valence-corrected chi connectivity index (χ2v) is 6.44. The van der Waals surface area contributed by atoms with Crippen molar-refractivity contribution in [3.63, 3.8) is 0 Å². The van der Waals surface area contributed by atoms with Gasteiger partial charge in [0.2, 0.25) is 0 Å². The van der Waals surface area contributed by atoms with Crippen molar-refractivity contribution < 1.29 is 0 Å². The van der Waals surface area contributed by atoms with Gasteiger partial charge in [0.15, 0.2) is 0 Å². The number of rotatable bonds is 1. The van der Waals surface area contributed by atoms with Crippen molar-refractivity contribution in [2.75, 3.05) is 0 Å². The van der Waals surface area contributed by atoms with Crippen molar-refractivity contribution in [2.24, 2.45) is 0 Å². The molecular formula is C3H9Si2. The van der Waals surface area contributed by atoms with E-state index in [0.717, 1.165) is 0 Å². The summed E-state index contributed by atoms with van der Waals surface area (Å²) in [6.45, 7) is 3.59. The maximum atomic E-state index is 3.59. The number of allylic oxidation sites excluding steroid dienone is 1. The van der Waals surface area contributed by atoms with Gasteiger partial charge in [-0.05, 0) is 5.16 Å². The van der Waals surface area contributed by atoms with Gasteiger partial charge in [-0.3, -0.25) is 0 Å². The second kappa shape index (κ2) is 2.41. The van der Waals surface area contributed by atoms with Crippen LogP contribution in [0.5, 0.6) is 0 Å². The molecule has 0 aliphatic carbocycles. The van der Waals surface area contributed by atoms with Gasteiger partial charge in [-0.1, -0.05) is 6.08 Å². The molecule has 2 heteroatoms. The molecule has 0 aliphatic heterocycles. The van der Waals surface area contributed by atoms with Crippen molar-refractivity contribution in [3.8, 4) is 0 Å². The fourth-order valence-electron chi connectivity index (χ4n) is 0. The first-order valence-electron chi connectivity index (χ1n) is 1.70. The lowest BCUT2D eigenvalue weighted by Gasteiger charge is -1.82. The summed E-state index contributed by atoms with van der Waals surface area (Å²) in [5.41, 5.74) is 0. The topological polar surface area (TPSA) is 0 Å². The maximum absolute atomic E-state index is 3.59. The van der Waals surface area contributed by atoms with E-state index in [-0.39, 0.29) is 0 Å². The summed E-state index contributed by atoms with van der Waals surface area (Å²) >= 11 is 0. The maximum Gasteiger partial charge on any atom is 0.0111 e. The Morgan fingerprint density at radius 3 is 1.80 bits per heavy atom. The molecule has 0 atom stereocenters. The lowest BCUT2D eigenvalue weighted by molar-refractivity contribution is 1.93. The van der Waals surface area contributed by atoms with Crippen LogP contribution in [0, 0.1) is 5.16 Å². The third-order valence-electron chi connectivity index (χ3n) is 0.408. The molecule has 29 valence electrons. The van der Waals surface area contributed by atoms with E-state index in [9.17, 15) is 0 Å². The summed E-state index contributed by atoms with van der Waals surface area (Å²) in [5, 5.41) is 1.55. The molecule has 0 aromatic heterocycles. The molecular weight excluding hydrogens is 92.2 g/mol. The summed E-state index contributed by atoms with van der Waals surface area (Å²) < 4.78 is 0. The lowest BCUT2D eigenvalue weighted by atomic mass is 10.7. The predicted octanol–water partition coefficient (Wildman–Crippen LogP) is -1.61. The van der Waals surface area contributed by atoms with E-state index in [4.69, 9.17) is 0 Å². The Bertz CT molecular complexity index is 31.9. The highest BCUT2D eigenvalue weighted by molar-refractivity contribution is 6.46. The third kappa shape index (κ3) is 4.17. The molecule has 0 saturated carbocycles. The zero-order chi connectivity index (χ0) is 4.28. The Hall–Kier alpha value is 0.174. The summed E-state index contributed by atoms with van der Waals surface area (Å²) in [7, 11) is 2.46. The molecule has 0 unspecified atom stereocenters. The van der Waals surface area contributed by atoms with Crippen LogP contribution in [0.2, 0.25) is 0 Å². The van der Waals surface area contributed by atoms with Gasteiger partial charge < -0.3 is 0 Å². The van der Waals surface area contributed by atoms with Gasteiger partial charge in [-0.2, -0.15) is 0 Å². The molecule has 0 spiro atoms. The van der Waals surface area contributed by atoms with E-state index in [1.54, 1.807) is 5.16 Å². The van der Waals surface area contributed by atoms with Crippen molar-refractivity contribution in [1.82, 2.24) is 0 Å². The molecule has 0 rings (SSSR count). The van der Waals surface area contributed by atoms with Gasteiger partial charge in [0.25, 0.3) is 0 Å².